The number of carbonyl (C=O) groups is 1. The SMILES string of the molecule is CCn1c(SCC(=O)NC2CC2)nnc1-c1cccc(S(=O)(=O)N2CCCC2)c1. The molecular weight excluding hydrogens is 410 g/mol. The van der Waals surface area contributed by atoms with Crippen LogP contribution >= 0.6 is 11.8 Å². The van der Waals surface area contributed by atoms with Crippen LogP contribution in [-0.4, -0.2) is 58.3 Å². The Bertz CT molecular complexity index is 995. The number of nitrogens with zero attached hydrogens (tertiary/aromatic N) is 4. The number of rotatable bonds is 8. The Morgan fingerprint density at radius 3 is 2.69 bits per heavy atom. The van der Waals surface area contributed by atoms with Crippen LogP contribution in [0.1, 0.15) is 32.6 Å². The van der Waals surface area contributed by atoms with E-state index in [1.807, 2.05) is 17.6 Å². The smallest absolute Gasteiger partial charge is 0.243 e. The molecule has 1 aliphatic heterocycles. The molecule has 2 aromatic rings. The number of hydrogen-bond acceptors (Lipinski definition) is 6. The lowest BCUT2D eigenvalue weighted by atomic mass is 10.2. The van der Waals surface area contributed by atoms with Crippen molar-refractivity contribution >= 4 is 27.7 Å². The predicted molar refractivity (Wildman–Crippen MR) is 111 cm³/mol. The van der Waals surface area contributed by atoms with Gasteiger partial charge in [0, 0.05) is 31.2 Å². The highest BCUT2D eigenvalue weighted by Gasteiger charge is 2.28. The molecule has 29 heavy (non-hydrogen) atoms. The second-order valence-electron chi connectivity index (χ2n) is 7.32. The minimum atomic E-state index is -3.49. The molecule has 0 bridgehead atoms. The lowest BCUT2D eigenvalue weighted by Crippen LogP contribution is -2.27. The van der Waals surface area contributed by atoms with Crippen LogP contribution in [0, 0.1) is 0 Å². The molecule has 1 amide bonds. The van der Waals surface area contributed by atoms with E-state index in [1.54, 1.807) is 18.2 Å². The van der Waals surface area contributed by atoms with Crippen molar-refractivity contribution in [2.45, 2.75) is 55.2 Å². The summed E-state index contributed by atoms with van der Waals surface area (Å²) in [4.78, 5) is 12.2. The zero-order valence-corrected chi connectivity index (χ0v) is 18.0. The molecule has 0 unspecified atom stereocenters. The third-order valence-electron chi connectivity index (χ3n) is 5.10. The Hall–Kier alpha value is -1.91. The van der Waals surface area contributed by atoms with Crippen LogP contribution in [0.4, 0.5) is 0 Å². The second-order valence-corrected chi connectivity index (χ2v) is 10.2. The molecule has 2 heterocycles. The molecule has 156 valence electrons. The van der Waals surface area contributed by atoms with Gasteiger partial charge in [-0.15, -0.1) is 10.2 Å². The molecular formula is C19H25N5O3S2. The summed E-state index contributed by atoms with van der Waals surface area (Å²) >= 11 is 1.35. The molecule has 1 saturated heterocycles. The number of benzene rings is 1. The van der Waals surface area contributed by atoms with Gasteiger partial charge in [-0.2, -0.15) is 4.31 Å². The van der Waals surface area contributed by atoms with Crippen LogP contribution in [0.5, 0.6) is 0 Å². The summed E-state index contributed by atoms with van der Waals surface area (Å²) in [5.74, 6) is 0.900. The van der Waals surface area contributed by atoms with Gasteiger partial charge < -0.3 is 9.88 Å². The first kappa shape index (κ1) is 20.4. The Labute approximate surface area is 175 Å². The van der Waals surface area contributed by atoms with Gasteiger partial charge >= 0.3 is 0 Å². The topological polar surface area (TPSA) is 97.2 Å². The molecule has 1 aliphatic carbocycles. The Morgan fingerprint density at radius 1 is 1.24 bits per heavy atom. The van der Waals surface area contributed by atoms with E-state index in [4.69, 9.17) is 0 Å². The predicted octanol–water partition coefficient (Wildman–Crippen LogP) is 2.12. The van der Waals surface area contributed by atoms with E-state index >= 15 is 0 Å². The number of thioether (sulfide) groups is 1. The molecule has 1 aromatic heterocycles. The van der Waals surface area contributed by atoms with Gasteiger partial charge in [-0.25, -0.2) is 8.42 Å². The summed E-state index contributed by atoms with van der Waals surface area (Å²) in [6.07, 6.45) is 3.92. The van der Waals surface area contributed by atoms with Crippen LogP contribution in [0.2, 0.25) is 0 Å². The molecule has 1 aromatic carbocycles. The fraction of sp³-hybridized carbons (Fsp3) is 0.526. The minimum absolute atomic E-state index is 0.00315. The normalized spacial score (nSPS) is 17.6. The number of carbonyl (C=O) groups excluding carboxylic acids is 1. The van der Waals surface area contributed by atoms with Crippen molar-refractivity contribution in [2.24, 2.45) is 0 Å². The van der Waals surface area contributed by atoms with Crippen molar-refractivity contribution in [3.63, 3.8) is 0 Å². The zero-order chi connectivity index (χ0) is 20.4. The molecule has 2 fully saturated rings. The van der Waals surface area contributed by atoms with Gasteiger partial charge in [0.05, 0.1) is 10.6 Å². The third kappa shape index (κ3) is 4.49. The number of aromatic nitrogens is 3. The highest BCUT2D eigenvalue weighted by molar-refractivity contribution is 7.99. The van der Waals surface area contributed by atoms with E-state index in [1.165, 1.54) is 16.1 Å². The van der Waals surface area contributed by atoms with Gasteiger partial charge in [0.1, 0.15) is 0 Å². The van der Waals surface area contributed by atoms with Gasteiger partial charge in [-0.3, -0.25) is 4.79 Å². The van der Waals surface area contributed by atoms with Crippen LogP contribution in [0.15, 0.2) is 34.3 Å². The molecule has 2 aliphatic rings. The molecule has 10 heteroatoms. The summed E-state index contributed by atoms with van der Waals surface area (Å²) < 4.78 is 29.2. The number of hydrogen-bond donors (Lipinski definition) is 1. The average molecular weight is 436 g/mol. The van der Waals surface area contributed by atoms with Crippen molar-refractivity contribution in [1.29, 1.82) is 0 Å². The molecule has 0 spiro atoms. The minimum Gasteiger partial charge on any atom is -0.353 e. The first-order chi connectivity index (χ1) is 14.0. The highest BCUT2D eigenvalue weighted by Crippen LogP contribution is 2.28. The molecule has 1 saturated carbocycles. The van der Waals surface area contributed by atoms with Crippen molar-refractivity contribution in [3.05, 3.63) is 24.3 Å². The molecule has 1 N–H and O–H groups in total. The fourth-order valence-corrected chi connectivity index (χ4v) is 5.77. The summed E-state index contributed by atoms with van der Waals surface area (Å²) in [5, 5.41) is 12.1. The number of sulfonamides is 1. The largest absolute Gasteiger partial charge is 0.353 e. The fourth-order valence-electron chi connectivity index (χ4n) is 3.39. The lowest BCUT2D eigenvalue weighted by Gasteiger charge is -2.16. The molecule has 4 rings (SSSR count). The van der Waals surface area contributed by atoms with E-state index in [0.29, 0.717) is 42.2 Å². The first-order valence-corrected chi connectivity index (χ1v) is 12.4. The molecule has 8 nitrogen and oxygen atoms in total. The van der Waals surface area contributed by atoms with Crippen LogP contribution in [-0.2, 0) is 21.4 Å². The molecule has 0 radical (unpaired) electrons. The average Bonchev–Trinajstić information content (AvgIpc) is 3.21. The summed E-state index contributed by atoms with van der Waals surface area (Å²) in [6.45, 7) is 3.74. The second kappa shape index (κ2) is 8.45. The van der Waals surface area contributed by atoms with E-state index < -0.39 is 10.0 Å². The Kier molecular flexibility index (Phi) is 5.93. The van der Waals surface area contributed by atoms with Crippen LogP contribution < -0.4 is 5.32 Å². The van der Waals surface area contributed by atoms with Crippen molar-refractivity contribution in [3.8, 4) is 11.4 Å². The van der Waals surface area contributed by atoms with Gasteiger partial charge in [-0.1, -0.05) is 23.9 Å². The van der Waals surface area contributed by atoms with E-state index in [-0.39, 0.29) is 16.6 Å². The van der Waals surface area contributed by atoms with Crippen molar-refractivity contribution in [2.75, 3.05) is 18.8 Å². The van der Waals surface area contributed by atoms with E-state index in [2.05, 4.69) is 15.5 Å². The standard InChI is InChI=1S/C19H25N5O3S2/c1-2-24-18(21-22-19(24)28-13-17(25)20-15-8-9-15)14-6-5-7-16(12-14)29(26,27)23-10-3-4-11-23/h5-7,12,15H,2-4,8-11,13H2,1H3,(H,20,25). The van der Waals surface area contributed by atoms with Crippen LogP contribution in [0.25, 0.3) is 11.4 Å². The Balaban J connectivity index is 1.55. The quantitative estimate of drug-likeness (QED) is 0.638. The van der Waals surface area contributed by atoms with Gasteiger partial charge in [0.2, 0.25) is 15.9 Å². The van der Waals surface area contributed by atoms with Crippen molar-refractivity contribution in [1.82, 2.24) is 24.4 Å². The molecule has 0 atom stereocenters. The van der Waals surface area contributed by atoms with E-state index in [0.717, 1.165) is 25.7 Å². The van der Waals surface area contributed by atoms with Crippen LogP contribution in [0.3, 0.4) is 0 Å². The number of nitrogens with one attached hydrogen (secondary N) is 1. The van der Waals surface area contributed by atoms with E-state index in [9.17, 15) is 13.2 Å². The zero-order valence-electron chi connectivity index (χ0n) is 16.4. The summed E-state index contributed by atoms with van der Waals surface area (Å²) in [6, 6.07) is 7.21. The maximum absolute atomic E-state index is 12.9. The maximum atomic E-state index is 12.9. The summed E-state index contributed by atoms with van der Waals surface area (Å²) in [7, 11) is -3.49. The summed E-state index contributed by atoms with van der Waals surface area (Å²) in [5.41, 5.74) is 0.703. The number of amides is 1. The Morgan fingerprint density at radius 2 is 2.00 bits per heavy atom. The monoisotopic (exact) mass is 435 g/mol. The van der Waals surface area contributed by atoms with Crippen molar-refractivity contribution < 1.29 is 13.2 Å². The van der Waals surface area contributed by atoms with Gasteiger partial charge in [-0.05, 0) is 44.7 Å². The lowest BCUT2D eigenvalue weighted by molar-refractivity contribution is -0.118. The first-order valence-electron chi connectivity index (χ1n) is 9.95. The maximum Gasteiger partial charge on any atom is 0.243 e. The highest BCUT2D eigenvalue weighted by atomic mass is 32.2. The third-order valence-corrected chi connectivity index (χ3v) is 7.96. The van der Waals surface area contributed by atoms with Gasteiger partial charge in [0.15, 0.2) is 11.0 Å². The van der Waals surface area contributed by atoms with Gasteiger partial charge in [0.25, 0.3) is 0 Å².